The second-order valence-corrected chi connectivity index (χ2v) is 6.37. The fourth-order valence-electron chi connectivity index (χ4n) is 2.81. The molecule has 1 aromatic heterocycles. The second-order valence-electron chi connectivity index (χ2n) is 6.37. The molecule has 0 aliphatic carbocycles. The molecule has 0 atom stereocenters. The van der Waals surface area contributed by atoms with Gasteiger partial charge in [-0.3, -0.25) is 0 Å². The van der Waals surface area contributed by atoms with Crippen LogP contribution in [0.1, 0.15) is 19.4 Å². The highest BCUT2D eigenvalue weighted by molar-refractivity contribution is 5.95. The van der Waals surface area contributed by atoms with E-state index < -0.39 is 0 Å². The lowest BCUT2D eigenvalue weighted by atomic mass is 10.00. The predicted molar refractivity (Wildman–Crippen MR) is 104 cm³/mol. The lowest BCUT2D eigenvalue weighted by Gasteiger charge is -2.12. The molecule has 134 valence electrons. The molecule has 0 aliphatic rings. The fourth-order valence-corrected chi connectivity index (χ4v) is 2.81. The Labute approximate surface area is 152 Å². The van der Waals surface area contributed by atoms with Gasteiger partial charge in [0, 0.05) is 17.0 Å². The van der Waals surface area contributed by atoms with Gasteiger partial charge in [-0.1, -0.05) is 17.7 Å². The van der Waals surface area contributed by atoms with Gasteiger partial charge >= 0.3 is 5.63 Å². The van der Waals surface area contributed by atoms with Crippen LogP contribution in [0.5, 0.6) is 11.5 Å². The van der Waals surface area contributed by atoms with Crippen molar-refractivity contribution in [3.63, 3.8) is 0 Å². The first-order chi connectivity index (χ1) is 12.5. The molecular formula is C22H22O4. The van der Waals surface area contributed by atoms with Crippen LogP contribution in [-0.2, 0) is 0 Å². The number of rotatable bonds is 5. The van der Waals surface area contributed by atoms with Crippen LogP contribution < -0.4 is 15.1 Å². The second kappa shape index (κ2) is 7.48. The molecule has 0 saturated carbocycles. The summed E-state index contributed by atoms with van der Waals surface area (Å²) in [6, 6.07) is 13.0. The Hall–Kier alpha value is -3.01. The van der Waals surface area contributed by atoms with E-state index in [0.29, 0.717) is 17.9 Å². The molecule has 0 saturated heterocycles. The number of ether oxygens (including phenoxy) is 2. The number of aryl methyl sites for hydroxylation is 1. The third-order valence-electron chi connectivity index (χ3n) is 4.24. The molecule has 2 aromatic carbocycles. The van der Waals surface area contributed by atoms with Crippen LogP contribution in [0.3, 0.4) is 0 Å². The molecule has 0 bridgehead atoms. The Bertz CT molecular complexity index is 1010. The van der Waals surface area contributed by atoms with E-state index in [1.807, 2.05) is 63.2 Å². The molecule has 0 radical (unpaired) electrons. The van der Waals surface area contributed by atoms with Gasteiger partial charge in [0.2, 0.25) is 0 Å². The van der Waals surface area contributed by atoms with E-state index in [9.17, 15) is 4.79 Å². The topological polar surface area (TPSA) is 48.7 Å². The van der Waals surface area contributed by atoms with E-state index in [2.05, 4.69) is 0 Å². The highest BCUT2D eigenvalue weighted by Crippen LogP contribution is 2.33. The summed E-state index contributed by atoms with van der Waals surface area (Å²) in [5, 5.41) is 0.877. The number of benzene rings is 2. The first-order valence-corrected chi connectivity index (χ1v) is 8.47. The standard InChI is InChI=1S/C22H22O4/c1-14(2)11-12-25-20-10-9-18-19(13-21(23)26-22(18)15(20)3)16-5-7-17(24-4)8-6-16/h5-11,13H,12H2,1-4H3. The number of allylic oxidation sites excluding steroid dienone is 1. The third kappa shape index (κ3) is 3.64. The summed E-state index contributed by atoms with van der Waals surface area (Å²) in [5.41, 5.74) is 3.94. The van der Waals surface area contributed by atoms with E-state index in [0.717, 1.165) is 27.8 Å². The van der Waals surface area contributed by atoms with Crippen LogP contribution in [-0.4, -0.2) is 13.7 Å². The number of methoxy groups -OCH3 is 1. The zero-order chi connectivity index (χ0) is 18.7. The molecule has 26 heavy (non-hydrogen) atoms. The summed E-state index contributed by atoms with van der Waals surface area (Å²) >= 11 is 0. The average molecular weight is 350 g/mol. The van der Waals surface area contributed by atoms with Gasteiger partial charge < -0.3 is 13.9 Å². The molecule has 0 spiro atoms. The maximum atomic E-state index is 12.1. The summed E-state index contributed by atoms with van der Waals surface area (Å²) in [6.45, 7) is 6.44. The van der Waals surface area contributed by atoms with Crippen LogP contribution in [0.4, 0.5) is 0 Å². The lowest BCUT2D eigenvalue weighted by molar-refractivity contribution is 0.359. The van der Waals surface area contributed by atoms with Crippen molar-refractivity contribution in [3.8, 4) is 22.6 Å². The molecule has 4 nitrogen and oxygen atoms in total. The summed E-state index contributed by atoms with van der Waals surface area (Å²) in [7, 11) is 1.63. The minimum atomic E-state index is -0.382. The van der Waals surface area contributed by atoms with Gasteiger partial charge in [0.25, 0.3) is 0 Å². The SMILES string of the molecule is COc1ccc(-c2cc(=O)oc3c(C)c(OCC=C(C)C)ccc23)cc1. The largest absolute Gasteiger partial charge is 0.497 e. The van der Waals surface area contributed by atoms with Gasteiger partial charge in [-0.2, -0.15) is 0 Å². The molecule has 3 rings (SSSR count). The Kier molecular flexibility index (Phi) is 5.12. The van der Waals surface area contributed by atoms with Gasteiger partial charge in [0.1, 0.15) is 23.7 Å². The van der Waals surface area contributed by atoms with Crippen LogP contribution in [0, 0.1) is 6.92 Å². The normalized spacial score (nSPS) is 10.6. The van der Waals surface area contributed by atoms with Crippen LogP contribution in [0.2, 0.25) is 0 Å². The van der Waals surface area contributed by atoms with E-state index in [1.165, 1.54) is 11.6 Å². The molecule has 3 aromatic rings. The van der Waals surface area contributed by atoms with Crippen molar-refractivity contribution in [2.75, 3.05) is 13.7 Å². The minimum absolute atomic E-state index is 0.382. The van der Waals surface area contributed by atoms with Crippen LogP contribution in [0.25, 0.3) is 22.1 Å². The van der Waals surface area contributed by atoms with E-state index in [1.54, 1.807) is 7.11 Å². The third-order valence-corrected chi connectivity index (χ3v) is 4.24. The average Bonchev–Trinajstić information content (AvgIpc) is 2.63. The molecule has 0 amide bonds. The summed E-state index contributed by atoms with van der Waals surface area (Å²) in [5.74, 6) is 1.48. The maximum Gasteiger partial charge on any atom is 0.336 e. The van der Waals surface area contributed by atoms with Crippen molar-refractivity contribution in [1.82, 2.24) is 0 Å². The number of hydrogen-bond donors (Lipinski definition) is 0. The smallest absolute Gasteiger partial charge is 0.336 e. The number of fused-ring (bicyclic) bond motifs is 1. The Morgan fingerprint density at radius 1 is 1.12 bits per heavy atom. The van der Waals surface area contributed by atoms with Gasteiger partial charge in [-0.15, -0.1) is 0 Å². The molecular weight excluding hydrogens is 328 g/mol. The predicted octanol–water partition coefficient (Wildman–Crippen LogP) is 5.12. The quantitative estimate of drug-likeness (QED) is 0.473. The zero-order valence-corrected chi connectivity index (χ0v) is 15.5. The minimum Gasteiger partial charge on any atom is -0.497 e. The zero-order valence-electron chi connectivity index (χ0n) is 15.5. The summed E-state index contributed by atoms with van der Waals surface area (Å²) in [4.78, 5) is 12.1. The molecule has 1 heterocycles. The lowest BCUT2D eigenvalue weighted by Crippen LogP contribution is -2.01. The molecule has 0 fully saturated rings. The summed E-state index contributed by atoms with van der Waals surface area (Å²) in [6.07, 6.45) is 2.01. The van der Waals surface area contributed by atoms with E-state index in [-0.39, 0.29) is 5.63 Å². The van der Waals surface area contributed by atoms with Crippen molar-refractivity contribution in [1.29, 1.82) is 0 Å². The van der Waals surface area contributed by atoms with E-state index >= 15 is 0 Å². The fraction of sp³-hybridized carbons (Fsp3) is 0.227. The van der Waals surface area contributed by atoms with Crippen molar-refractivity contribution in [2.24, 2.45) is 0 Å². The van der Waals surface area contributed by atoms with Crippen LogP contribution >= 0.6 is 0 Å². The van der Waals surface area contributed by atoms with E-state index in [4.69, 9.17) is 13.9 Å². The van der Waals surface area contributed by atoms with Gasteiger partial charge in [0.15, 0.2) is 0 Å². The van der Waals surface area contributed by atoms with Crippen molar-refractivity contribution in [2.45, 2.75) is 20.8 Å². The molecule has 0 N–H and O–H groups in total. The highest BCUT2D eigenvalue weighted by Gasteiger charge is 2.13. The Morgan fingerprint density at radius 3 is 2.50 bits per heavy atom. The Balaban J connectivity index is 2.09. The van der Waals surface area contributed by atoms with Gasteiger partial charge in [-0.05, 0) is 62.2 Å². The van der Waals surface area contributed by atoms with Crippen molar-refractivity contribution < 1.29 is 13.9 Å². The Morgan fingerprint density at radius 2 is 1.85 bits per heavy atom. The first kappa shape index (κ1) is 17.8. The van der Waals surface area contributed by atoms with Crippen LogP contribution in [0.15, 0.2) is 63.3 Å². The monoisotopic (exact) mass is 350 g/mol. The van der Waals surface area contributed by atoms with Crippen molar-refractivity contribution in [3.05, 3.63) is 70.1 Å². The van der Waals surface area contributed by atoms with Gasteiger partial charge in [0.05, 0.1) is 7.11 Å². The van der Waals surface area contributed by atoms with Crippen molar-refractivity contribution >= 4 is 11.0 Å². The summed E-state index contributed by atoms with van der Waals surface area (Å²) < 4.78 is 16.5. The number of hydrogen-bond acceptors (Lipinski definition) is 4. The first-order valence-electron chi connectivity index (χ1n) is 8.47. The molecule has 4 heteroatoms. The maximum absolute atomic E-state index is 12.1. The highest BCUT2D eigenvalue weighted by atomic mass is 16.5. The molecule has 0 aliphatic heterocycles. The molecule has 0 unspecified atom stereocenters. The van der Waals surface area contributed by atoms with Gasteiger partial charge in [-0.25, -0.2) is 4.79 Å².